The van der Waals surface area contributed by atoms with Crippen molar-refractivity contribution in [3.63, 3.8) is 0 Å². The van der Waals surface area contributed by atoms with Crippen LogP contribution >= 0.6 is 15.9 Å². The minimum absolute atomic E-state index is 0.0375. The molecular weight excluding hydrogens is 358 g/mol. The quantitative estimate of drug-likeness (QED) is 0.809. The number of pyridine rings is 1. The van der Waals surface area contributed by atoms with Gasteiger partial charge in [0.2, 0.25) is 11.8 Å². The van der Waals surface area contributed by atoms with Gasteiger partial charge in [0, 0.05) is 18.3 Å². The van der Waals surface area contributed by atoms with Crippen molar-refractivity contribution in [1.29, 1.82) is 0 Å². The first-order chi connectivity index (χ1) is 11.1. The minimum Gasteiger partial charge on any atom is -0.349 e. The molecule has 1 aliphatic rings. The topological polar surface area (TPSA) is 71.1 Å². The average Bonchev–Trinajstić information content (AvgIpc) is 2.94. The fraction of sp³-hybridized carbons (Fsp3) is 0.235. The van der Waals surface area contributed by atoms with Crippen molar-refractivity contribution in [1.82, 2.24) is 10.3 Å². The molecule has 6 heteroatoms. The van der Waals surface area contributed by atoms with Crippen LogP contribution in [-0.4, -0.2) is 16.8 Å². The Morgan fingerprint density at radius 2 is 2.22 bits per heavy atom. The van der Waals surface area contributed by atoms with E-state index in [0.717, 1.165) is 23.2 Å². The minimum atomic E-state index is -0.0873. The molecule has 1 fully saturated rings. The van der Waals surface area contributed by atoms with Gasteiger partial charge in [-0.2, -0.15) is 0 Å². The van der Waals surface area contributed by atoms with Crippen molar-refractivity contribution in [3.05, 3.63) is 58.3 Å². The second-order valence-electron chi connectivity index (χ2n) is 5.50. The van der Waals surface area contributed by atoms with Crippen LogP contribution in [0.25, 0.3) is 0 Å². The van der Waals surface area contributed by atoms with Crippen LogP contribution in [0.4, 0.5) is 5.69 Å². The molecule has 2 amide bonds. The predicted molar refractivity (Wildman–Crippen MR) is 90.8 cm³/mol. The molecule has 0 aliphatic carbocycles. The van der Waals surface area contributed by atoms with Gasteiger partial charge in [0.05, 0.1) is 12.5 Å². The zero-order valence-electron chi connectivity index (χ0n) is 12.4. The van der Waals surface area contributed by atoms with E-state index in [1.54, 1.807) is 6.20 Å². The molecule has 2 aromatic rings. The lowest BCUT2D eigenvalue weighted by atomic mass is 10.0. The smallest absolute Gasteiger partial charge is 0.228 e. The standard InChI is InChI=1S/C17H16BrN3O2/c18-15-8-11(6-7-19-15)9-17(23)20-13-3-1-2-12(10-13)14-4-5-16(22)21-14/h1-3,6-8,10,14H,4-5,9H2,(H,20,23)(H,21,22). The lowest BCUT2D eigenvalue weighted by Gasteiger charge is -2.12. The molecule has 1 aromatic heterocycles. The second kappa shape index (κ2) is 6.91. The van der Waals surface area contributed by atoms with Gasteiger partial charge < -0.3 is 10.6 Å². The Morgan fingerprint density at radius 3 is 2.96 bits per heavy atom. The van der Waals surface area contributed by atoms with Gasteiger partial charge in [0.25, 0.3) is 0 Å². The highest BCUT2D eigenvalue weighted by Gasteiger charge is 2.22. The molecule has 23 heavy (non-hydrogen) atoms. The van der Waals surface area contributed by atoms with E-state index in [-0.39, 0.29) is 24.3 Å². The molecule has 2 N–H and O–H groups in total. The van der Waals surface area contributed by atoms with Gasteiger partial charge in [-0.3, -0.25) is 9.59 Å². The number of hydrogen-bond donors (Lipinski definition) is 2. The van der Waals surface area contributed by atoms with E-state index in [9.17, 15) is 9.59 Å². The first-order valence-corrected chi connectivity index (χ1v) is 8.19. The maximum absolute atomic E-state index is 12.2. The molecule has 1 aromatic carbocycles. The maximum atomic E-state index is 12.2. The second-order valence-corrected chi connectivity index (χ2v) is 6.31. The van der Waals surface area contributed by atoms with Crippen LogP contribution in [0.5, 0.6) is 0 Å². The summed E-state index contributed by atoms with van der Waals surface area (Å²) in [5.41, 5.74) is 2.64. The monoisotopic (exact) mass is 373 g/mol. The summed E-state index contributed by atoms with van der Waals surface area (Å²) in [5.74, 6) is -0.0107. The summed E-state index contributed by atoms with van der Waals surface area (Å²) < 4.78 is 0.710. The summed E-state index contributed by atoms with van der Waals surface area (Å²) in [6.45, 7) is 0. The van der Waals surface area contributed by atoms with E-state index in [4.69, 9.17) is 0 Å². The Bertz CT molecular complexity index is 748. The zero-order valence-corrected chi connectivity index (χ0v) is 14.0. The normalized spacial score (nSPS) is 16.9. The van der Waals surface area contributed by atoms with Crippen molar-refractivity contribution < 1.29 is 9.59 Å². The SMILES string of the molecule is O=C(Cc1ccnc(Br)c1)Nc1cccc(C2CCC(=O)N2)c1. The number of aromatic nitrogens is 1. The molecule has 1 atom stereocenters. The third-order valence-electron chi connectivity index (χ3n) is 3.72. The van der Waals surface area contributed by atoms with Crippen LogP contribution in [0, 0.1) is 0 Å². The molecule has 0 spiro atoms. The summed E-state index contributed by atoms with van der Waals surface area (Å²) in [6, 6.07) is 11.3. The Kier molecular flexibility index (Phi) is 4.71. The fourth-order valence-corrected chi connectivity index (χ4v) is 3.05. The molecule has 2 heterocycles. The highest BCUT2D eigenvalue weighted by atomic mass is 79.9. The van der Waals surface area contributed by atoms with Gasteiger partial charge in [0.15, 0.2) is 0 Å². The molecule has 0 bridgehead atoms. The Hall–Kier alpha value is -2.21. The molecule has 0 radical (unpaired) electrons. The summed E-state index contributed by atoms with van der Waals surface area (Å²) in [7, 11) is 0. The number of hydrogen-bond acceptors (Lipinski definition) is 3. The van der Waals surface area contributed by atoms with Crippen LogP contribution < -0.4 is 10.6 Å². The number of carbonyl (C=O) groups is 2. The number of rotatable bonds is 4. The van der Waals surface area contributed by atoms with E-state index in [1.165, 1.54) is 0 Å². The van der Waals surface area contributed by atoms with Gasteiger partial charge in [0.1, 0.15) is 4.60 Å². The average molecular weight is 374 g/mol. The van der Waals surface area contributed by atoms with Gasteiger partial charge in [-0.1, -0.05) is 12.1 Å². The fourth-order valence-electron chi connectivity index (χ4n) is 2.64. The van der Waals surface area contributed by atoms with Crippen LogP contribution in [0.2, 0.25) is 0 Å². The molecular formula is C17H16BrN3O2. The maximum Gasteiger partial charge on any atom is 0.228 e. The van der Waals surface area contributed by atoms with Crippen molar-refractivity contribution in [3.8, 4) is 0 Å². The lowest BCUT2D eigenvalue weighted by Crippen LogP contribution is -2.19. The Labute approximate surface area is 142 Å². The molecule has 5 nitrogen and oxygen atoms in total. The van der Waals surface area contributed by atoms with Gasteiger partial charge in [-0.25, -0.2) is 4.98 Å². The Balaban J connectivity index is 1.65. The van der Waals surface area contributed by atoms with E-state index in [0.29, 0.717) is 11.0 Å². The zero-order chi connectivity index (χ0) is 16.2. The number of carbonyl (C=O) groups excluding carboxylic acids is 2. The third-order valence-corrected chi connectivity index (χ3v) is 4.16. The van der Waals surface area contributed by atoms with E-state index in [2.05, 4.69) is 31.5 Å². The number of nitrogens with zero attached hydrogens (tertiary/aromatic N) is 1. The summed E-state index contributed by atoms with van der Waals surface area (Å²) in [6.07, 6.45) is 3.29. The number of halogens is 1. The summed E-state index contributed by atoms with van der Waals surface area (Å²) in [5, 5.41) is 5.83. The predicted octanol–water partition coefficient (Wildman–Crippen LogP) is 2.98. The van der Waals surface area contributed by atoms with E-state index < -0.39 is 0 Å². The molecule has 1 aliphatic heterocycles. The first kappa shape index (κ1) is 15.7. The highest BCUT2D eigenvalue weighted by Crippen LogP contribution is 2.25. The molecule has 1 unspecified atom stereocenters. The summed E-state index contributed by atoms with van der Waals surface area (Å²) >= 11 is 3.29. The molecule has 118 valence electrons. The molecule has 3 rings (SSSR count). The van der Waals surface area contributed by atoms with Crippen molar-refractivity contribution >= 4 is 33.4 Å². The number of amides is 2. The van der Waals surface area contributed by atoms with E-state index >= 15 is 0 Å². The van der Waals surface area contributed by atoms with Gasteiger partial charge >= 0.3 is 0 Å². The van der Waals surface area contributed by atoms with Crippen LogP contribution in [-0.2, 0) is 16.0 Å². The van der Waals surface area contributed by atoms with E-state index in [1.807, 2.05) is 36.4 Å². The van der Waals surface area contributed by atoms with Gasteiger partial charge in [-0.05, 0) is 57.7 Å². The van der Waals surface area contributed by atoms with Crippen molar-refractivity contribution in [2.24, 2.45) is 0 Å². The largest absolute Gasteiger partial charge is 0.349 e. The van der Waals surface area contributed by atoms with Crippen LogP contribution in [0.15, 0.2) is 47.2 Å². The lowest BCUT2D eigenvalue weighted by molar-refractivity contribution is -0.119. The molecule has 0 saturated carbocycles. The van der Waals surface area contributed by atoms with Crippen LogP contribution in [0.3, 0.4) is 0 Å². The van der Waals surface area contributed by atoms with Gasteiger partial charge in [-0.15, -0.1) is 0 Å². The number of anilines is 1. The van der Waals surface area contributed by atoms with Crippen LogP contribution in [0.1, 0.15) is 30.0 Å². The number of benzene rings is 1. The third kappa shape index (κ3) is 4.16. The summed E-state index contributed by atoms with van der Waals surface area (Å²) in [4.78, 5) is 27.5. The highest BCUT2D eigenvalue weighted by molar-refractivity contribution is 9.10. The first-order valence-electron chi connectivity index (χ1n) is 7.40. The Morgan fingerprint density at radius 1 is 1.35 bits per heavy atom. The van der Waals surface area contributed by atoms with Crippen molar-refractivity contribution in [2.75, 3.05) is 5.32 Å². The molecule has 1 saturated heterocycles. The number of nitrogens with one attached hydrogen (secondary N) is 2. The van der Waals surface area contributed by atoms with Crippen molar-refractivity contribution in [2.45, 2.75) is 25.3 Å².